The third-order valence-corrected chi connectivity index (χ3v) is 3.71. The molecule has 2 rings (SSSR count). The first-order valence-electron chi connectivity index (χ1n) is 7.70. The molecule has 106 valence electrons. The summed E-state index contributed by atoms with van der Waals surface area (Å²) in [6, 6.07) is 2.06. The minimum atomic E-state index is 0.386. The molecule has 1 aliphatic carbocycles. The number of hydrogen-bond acceptors (Lipinski definition) is 3. The van der Waals surface area contributed by atoms with Gasteiger partial charge < -0.3 is 10.1 Å². The van der Waals surface area contributed by atoms with Crippen LogP contribution in [0.15, 0.2) is 18.5 Å². The summed E-state index contributed by atoms with van der Waals surface area (Å²) in [7, 11) is 0. The number of rotatable bonds is 6. The van der Waals surface area contributed by atoms with Gasteiger partial charge in [-0.25, -0.2) is 0 Å². The Bertz CT molecular complexity index is 360. The van der Waals surface area contributed by atoms with Gasteiger partial charge in [-0.1, -0.05) is 19.8 Å². The first-order chi connectivity index (χ1) is 9.40. The summed E-state index contributed by atoms with van der Waals surface area (Å²) in [4.78, 5) is 4.21. The first kappa shape index (κ1) is 14.3. The van der Waals surface area contributed by atoms with Crippen LogP contribution in [-0.4, -0.2) is 17.6 Å². The highest BCUT2D eigenvalue weighted by Crippen LogP contribution is 2.24. The maximum atomic E-state index is 6.19. The van der Waals surface area contributed by atoms with Crippen LogP contribution in [-0.2, 0) is 6.54 Å². The molecule has 0 aliphatic heterocycles. The van der Waals surface area contributed by atoms with Crippen molar-refractivity contribution in [3.8, 4) is 5.75 Å². The van der Waals surface area contributed by atoms with Crippen LogP contribution in [0, 0.1) is 0 Å². The molecule has 1 N–H and O–H groups in total. The fourth-order valence-electron chi connectivity index (χ4n) is 2.60. The van der Waals surface area contributed by atoms with Crippen LogP contribution in [0.5, 0.6) is 5.75 Å². The van der Waals surface area contributed by atoms with Gasteiger partial charge in [-0.05, 0) is 44.7 Å². The Morgan fingerprint density at radius 1 is 1.26 bits per heavy atom. The maximum Gasteiger partial charge on any atom is 0.142 e. The van der Waals surface area contributed by atoms with Gasteiger partial charge in [0.05, 0.1) is 12.3 Å². The molecule has 0 amide bonds. The molecule has 1 saturated carbocycles. The van der Waals surface area contributed by atoms with Crippen molar-refractivity contribution in [1.82, 2.24) is 10.3 Å². The Labute approximate surface area is 116 Å². The van der Waals surface area contributed by atoms with Crippen LogP contribution < -0.4 is 10.1 Å². The highest BCUT2D eigenvalue weighted by Gasteiger charge is 2.15. The van der Waals surface area contributed by atoms with Crippen LogP contribution in [0.25, 0.3) is 0 Å². The van der Waals surface area contributed by atoms with Gasteiger partial charge in [0.15, 0.2) is 0 Å². The maximum absolute atomic E-state index is 6.19. The zero-order valence-corrected chi connectivity index (χ0v) is 12.0. The van der Waals surface area contributed by atoms with E-state index in [0.29, 0.717) is 6.10 Å². The van der Waals surface area contributed by atoms with Crippen LogP contribution >= 0.6 is 0 Å². The SMILES string of the molecule is CCCNCc1ccncc1OC1CCCCCC1. The van der Waals surface area contributed by atoms with Crippen LogP contribution in [0.4, 0.5) is 0 Å². The van der Waals surface area contributed by atoms with E-state index in [1.807, 2.05) is 12.4 Å². The second kappa shape index (κ2) is 8.16. The van der Waals surface area contributed by atoms with Crippen LogP contribution in [0.1, 0.15) is 57.4 Å². The Morgan fingerprint density at radius 3 is 2.79 bits per heavy atom. The Morgan fingerprint density at radius 2 is 2.05 bits per heavy atom. The second-order valence-electron chi connectivity index (χ2n) is 5.39. The molecule has 0 bridgehead atoms. The molecule has 0 spiro atoms. The van der Waals surface area contributed by atoms with Crippen molar-refractivity contribution in [1.29, 1.82) is 0 Å². The molecule has 1 heterocycles. The quantitative estimate of drug-likeness (QED) is 0.627. The molecule has 0 atom stereocenters. The van der Waals surface area contributed by atoms with Gasteiger partial charge in [-0.3, -0.25) is 4.98 Å². The Kier molecular flexibility index (Phi) is 6.15. The van der Waals surface area contributed by atoms with E-state index < -0.39 is 0 Å². The van der Waals surface area contributed by atoms with Crippen molar-refractivity contribution >= 4 is 0 Å². The Balaban J connectivity index is 1.93. The number of nitrogens with zero attached hydrogens (tertiary/aromatic N) is 1. The Hall–Kier alpha value is -1.09. The lowest BCUT2D eigenvalue weighted by atomic mass is 10.1. The number of hydrogen-bond donors (Lipinski definition) is 1. The highest BCUT2D eigenvalue weighted by molar-refractivity contribution is 5.29. The van der Waals surface area contributed by atoms with E-state index in [1.165, 1.54) is 44.1 Å². The number of aromatic nitrogens is 1. The van der Waals surface area contributed by atoms with E-state index in [4.69, 9.17) is 4.74 Å². The standard InChI is InChI=1S/C16H26N2O/c1-2-10-17-12-14-9-11-18-13-16(14)19-15-7-5-3-4-6-8-15/h9,11,13,15,17H,2-8,10,12H2,1H3. The van der Waals surface area contributed by atoms with E-state index in [0.717, 1.165) is 25.3 Å². The molecule has 0 radical (unpaired) electrons. The molecular formula is C16H26N2O. The predicted molar refractivity (Wildman–Crippen MR) is 78.4 cm³/mol. The summed E-state index contributed by atoms with van der Waals surface area (Å²) in [6.45, 7) is 4.10. The van der Waals surface area contributed by atoms with Crippen molar-refractivity contribution in [2.75, 3.05) is 6.54 Å². The van der Waals surface area contributed by atoms with Gasteiger partial charge in [0.25, 0.3) is 0 Å². The number of pyridine rings is 1. The number of ether oxygens (including phenoxy) is 1. The van der Waals surface area contributed by atoms with Gasteiger partial charge >= 0.3 is 0 Å². The van der Waals surface area contributed by atoms with Gasteiger partial charge in [0, 0.05) is 18.3 Å². The monoisotopic (exact) mass is 262 g/mol. The van der Waals surface area contributed by atoms with Crippen molar-refractivity contribution in [3.63, 3.8) is 0 Å². The van der Waals surface area contributed by atoms with Gasteiger partial charge in [0.2, 0.25) is 0 Å². The fraction of sp³-hybridized carbons (Fsp3) is 0.688. The summed E-state index contributed by atoms with van der Waals surface area (Å²) in [5.74, 6) is 0.970. The van der Waals surface area contributed by atoms with Crippen LogP contribution in [0.3, 0.4) is 0 Å². The summed E-state index contributed by atoms with van der Waals surface area (Å²) in [6.07, 6.45) is 13.0. The number of nitrogens with one attached hydrogen (secondary N) is 1. The minimum absolute atomic E-state index is 0.386. The summed E-state index contributed by atoms with van der Waals surface area (Å²) >= 11 is 0. The molecule has 1 aromatic heterocycles. The van der Waals surface area contributed by atoms with E-state index in [1.54, 1.807) is 0 Å². The van der Waals surface area contributed by atoms with E-state index in [9.17, 15) is 0 Å². The zero-order valence-electron chi connectivity index (χ0n) is 12.0. The average molecular weight is 262 g/mol. The molecule has 0 saturated heterocycles. The first-order valence-corrected chi connectivity index (χ1v) is 7.70. The van der Waals surface area contributed by atoms with E-state index in [-0.39, 0.29) is 0 Å². The lowest BCUT2D eigenvalue weighted by Gasteiger charge is -2.19. The zero-order chi connectivity index (χ0) is 13.3. The molecule has 3 heteroatoms. The lowest BCUT2D eigenvalue weighted by Crippen LogP contribution is -2.19. The summed E-state index contributed by atoms with van der Waals surface area (Å²) in [5, 5.41) is 3.43. The highest BCUT2D eigenvalue weighted by atomic mass is 16.5. The molecule has 1 aromatic rings. The van der Waals surface area contributed by atoms with Crippen molar-refractivity contribution in [2.45, 2.75) is 64.5 Å². The molecule has 19 heavy (non-hydrogen) atoms. The van der Waals surface area contributed by atoms with Gasteiger partial charge in [0.1, 0.15) is 5.75 Å². The molecule has 1 fully saturated rings. The molecule has 3 nitrogen and oxygen atoms in total. The van der Waals surface area contributed by atoms with Crippen molar-refractivity contribution in [3.05, 3.63) is 24.0 Å². The minimum Gasteiger partial charge on any atom is -0.488 e. The third kappa shape index (κ3) is 4.83. The van der Waals surface area contributed by atoms with Crippen molar-refractivity contribution < 1.29 is 4.74 Å². The largest absolute Gasteiger partial charge is 0.488 e. The van der Waals surface area contributed by atoms with Gasteiger partial charge in [-0.15, -0.1) is 0 Å². The molecule has 0 aromatic carbocycles. The topological polar surface area (TPSA) is 34.2 Å². The lowest BCUT2D eigenvalue weighted by molar-refractivity contribution is 0.181. The predicted octanol–water partition coefficient (Wildman–Crippen LogP) is 3.68. The molecule has 0 unspecified atom stereocenters. The van der Waals surface area contributed by atoms with E-state index >= 15 is 0 Å². The molecular weight excluding hydrogens is 236 g/mol. The normalized spacial score (nSPS) is 17.1. The van der Waals surface area contributed by atoms with E-state index in [2.05, 4.69) is 23.3 Å². The van der Waals surface area contributed by atoms with Crippen LogP contribution in [0.2, 0.25) is 0 Å². The smallest absolute Gasteiger partial charge is 0.142 e. The molecule has 1 aliphatic rings. The van der Waals surface area contributed by atoms with Gasteiger partial charge in [-0.2, -0.15) is 0 Å². The summed E-state index contributed by atoms with van der Waals surface area (Å²) in [5.41, 5.74) is 1.23. The summed E-state index contributed by atoms with van der Waals surface area (Å²) < 4.78 is 6.19. The second-order valence-corrected chi connectivity index (χ2v) is 5.39. The fourth-order valence-corrected chi connectivity index (χ4v) is 2.60. The van der Waals surface area contributed by atoms with Crippen molar-refractivity contribution in [2.24, 2.45) is 0 Å². The third-order valence-electron chi connectivity index (χ3n) is 3.71. The average Bonchev–Trinajstić information content (AvgIpc) is 2.70.